The monoisotopic (exact) mass is 407 g/mol. The lowest BCUT2D eigenvalue weighted by atomic mass is 10.3. The third-order valence-corrected chi connectivity index (χ3v) is 6.85. The lowest BCUT2D eigenvalue weighted by Gasteiger charge is -2.21. The van der Waals surface area contributed by atoms with Crippen LogP contribution in [0.5, 0.6) is 0 Å². The second-order valence-electron chi connectivity index (χ2n) is 6.04. The minimum absolute atomic E-state index is 0.0620. The zero-order chi connectivity index (χ0) is 19.6. The number of sulfonamides is 1. The number of nitrogens with zero attached hydrogens (tertiary/aromatic N) is 3. The molecule has 0 atom stereocenters. The number of amides is 1. The van der Waals surface area contributed by atoms with E-state index in [4.69, 9.17) is 0 Å². The van der Waals surface area contributed by atoms with E-state index in [1.54, 1.807) is 7.05 Å². The van der Waals surface area contributed by atoms with Crippen LogP contribution in [0.2, 0.25) is 0 Å². The molecule has 142 valence electrons. The van der Waals surface area contributed by atoms with Crippen LogP contribution in [0.4, 0.5) is 4.39 Å². The Morgan fingerprint density at radius 3 is 2.44 bits per heavy atom. The van der Waals surface area contributed by atoms with Crippen LogP contribution in [0.3, 0.4) is 0 Å². The minimum Gasteiger partial charge on any atom is -0.338 e. The van der Waals surface area contributed by atoms with Crippen LogP contribution < -0.4 is 0 Å². The molecule has 0 aliphatic rings. The first-order chi connectivity index (χ1) is 12.8. The van der Waals surface area contributed by atoms with Crippen molar-refractivity contribution in [1.82, 2.24) is 14.2 Å². The highest BCUT2D eigenvalue weighted by atomic mass is 32.2. The molecule has 0 bridgehead atoms. The molecule has 9 heteroatoms. The fourth-order valence-electron chi connectivity index (χ4n) is 2.46. The van der Waals surface area contributed by atoms with Crippen molar-refractivity contribution in [2.75, 3.05) is 20.6 Å². The highest BCUT2D eigenvalue weighted by Gasteiger charge is 2.24. The molecular formula is C18H18FN3O3S2. The van der Waals surface area contributed by atoms with Gasteiger partial charge >= 0.3 is 0 Å². The summed E-state index contributed by atoms with van der Waals surface area (Å²) in [5.41, 5.74) is 0.870. The molecule has 0 saturated carbocycles. The van der Waals surface area contributed by atoms with E-state index in [9.17, 15) is 17.6 Å². The molecule has 1 heterocycles. The molecule has 0 radical (unpaired) electrons. The Bertz CT molecular complexity index is 1030. The van der Waals surface area contributed by atoms with Crippen molar-refractivity contribution >= 4 is 37.5 Å². The molecule has 3 aromatic rings. The molecule has 6 nitrogen and oxygen atoms in total. The molecule has 0 fully saturated rings. The van der Waals surface area contributed by atoms with Crippen molar-refractivity contribution in [1.29, 1.82) is 0 Å². The molecule has 3 rings (SSSR count). The number of carbonyl (C=O) groups excluding carboxylic acids is 1. The van der Waals surface area contributed by atoms with Gasteiger partial charge in [0.25, 0.3) is 0 Å². The molecule has 1 amide bonds. The second-order valence-corrected chi connectivity index (χ2v) is 9.20. The van der Waals surface area contributed by atoms with Crippen molar-refractivity contribution in [2.45, 2.75) is 11.4 Å². The van der Waals surface area contributed by atoms with Crippen LogP contribution in [0.1, 0.15) is 5.01 Å². The van der Waals surface area contributed by atoms with Crippen LogP contribution >= 0.6 is 11.3 Å². The van der Waals surface area contributed by atoms with Crippen molar-refractivity contribution in [3.05, 3.63) is 59.4 Å². The number of likely N-dealkylation sites (N-methyl/N-ethyl adjacent to an activating group) is 2. The second kappa shape index (κ2) is 7.71. The number of carbonyl (C=O) groups is 1. The van der Waals surface area contributed by atoms with Crippen LogP contribution in [-0.2, 0) is 21.4 Å². The highest BCUT2D eigenvalue weighted by Crippen LogP contribution is 2.22. The number of aromatic nitrogens is 1. The van der Waals surface area contributed by atoms with Gasteiger partial charge in [-0.2, -0.15) is 4.31 Å². The molecule has 0 N–H and O–H groups in total. The maximum atomic E-state index is 13.0. The zero-order valence-corrected chi connectivity index (χ0v) is 16.4. The number of halogens is 1. The Morgan fingerprint density at radius 1 is 1.11 bits per heavy atom. The summed E-state index contributed by atoms with van der Waals surface area (Å²) in [6, 6.07) is 12.2. The summed E-state index contributed by atoms with van der Waals surface area (Å²) < 4.78 is 40.0. The SMILES string of the molecule is CN(Cc1nc2ccccc2s1)C(=O)CN(C)S(=O)(=O)c1ccc(F)cc1. The number of benzene rings is 2. The van der Waals surface area contributed by atoms with Crippen molar-refractivity contribution in [3.63, 3.8) is 0 Å². The molecule has 0 aliphatic heterocycles. The molecular weight excluding hydrogens is 389 g/mol. The van der Waals surface area contributed by atoms with Gasteiger partial charge in [0.05, 0.1) is 28.2 Å². The van der Waals surface area contributed by atoms with E-state index < -0.39 is 15.8 Å². The third-order valence-electron chi connectivity index (χ3n) is 4.02. The fraction of sp³-hybridized carbons (Fsp3) is 0.222. The van der Waals surface area contributed by atoms with Gasteiger partial charge in [-0.1, -0.05) is 12.1 Å². The van der Waals surface area contributed by atoms with Gasteiger partial charge in [-0.3, -0.25) is 4.79 Å². The summed E-state index contributed by atoms with van der Waals surface area (Å²) in [4.78, 5) is 18.3. The molecule has 2 aromatic carbocycles. The van der Waals surface area contributed by atoms with E-state index in [-0.39, 0.29) is 17.3 Å². The number of thiazole rings is 1. The Morgan fingerprint density at radius 2 is 1.78 bits per heavy atom. The summed E-state index contributed by atoms with van der Waals surface area (Å²) in [6.07, 6.45) is 0. The lowest BCUT2D eigenvalue weighted by Crippen LogP contribution is -2.39. The first-order valence-corrected chi connectivity index (χ1v) is 10.3. The van der Waals surface area contributed by atoms with Crippen LogP contribution in [-0.4, -0.2) is 49.2 Å². The first-order valence-electron chi connectivity index (χ1n) is 8.07. The molecule has 1 aromatic heterocycles. The Hall–Kier alpha value is -2.36. The number of fused-ring (bicyclic) bond motifs is 1. The summed E-state index contributed by atoms with van der Waals surface area (Å²) in [5.74, 6) is -0.884. The van der Waals surface area contributed by atoms with Crippen LogP contribution in [0, 0.1) is 5.82 Å². The summed E-state index contributed by atoms with van der Waals surface area (Å²) in [5, 5.41) is 0.774. The molecule has 27 heavy (non-hydrogen) atoms. The van der Waals surface area contributed by atoms with E-state index in [0.717, 1.165) is 31.7 Å². The van der Waals surface area contributed by atoms with E-state index in [2.05, 4.69) is 4.98 Å². The number of hydrogen-bond donors (Lipinski definition) is 0. The normalized spacial score (nSPS) is 11.9. The Kier molecular flexibility index (Phi) is 5.54. The van der Waals surface area contributed by atoms with Crippen molar-refractivity contribution in [3.8, 4) is 0 Å². The number of hydrogen-bond acceptors (Lipinski definition) is 5. The van der Waals surface area contributed by atoms with Crippen LogP contribution in [0.15, 0.2) is 53.4 Å². The highest BCUT2D eigenvalue weighted by molar-refractivity contribution is 7.89. The average Bonchev–Trinajstić information content (AvgIpc) is 3.04. The topological polar surface area (TPSA) is 70.6 Å². The van der Waals surface area contributed by atoms with Gasteiger partial charge in [-0.15, -0.1) is 11.3 Å². The largest absolute Gasteiger partial charge is 0.338 e. The van der Waals surface area contributed by atoms with E-state index in [1.807, 2.05) is 24.3 Å². The predicted molar refractivity (Wildman–Crippen MR) is 102 cm³/mol. The van der Waals surface area contributed by atoms with Gasteiger partial charge in [-0.05, 0) is 36.4 Å². The van der Waals surface area contributed by atoms with Crippen molar-refractivity contribution in [2.24, 2.45) is 0 Å². The van der Waals surface area contributed by atoms with Gasteiger partial charge in [-0.25, -0.2) is 17.8 Å². The zero-order valence-electron chi connectivity index (χ0n) is 14.8. The Labute approximate surface area is 160 Å². The van der Waals surface area contributed by atoms with E-state index in [1.165, 1.54) is 35.4 Å². The maximum absolute atomic E-state index is 13.0. The molecule has 0 saturated heterocycles. The van der Waals surface area contributed by atoms with Gasteiger partial charge in [0.1, 0.15) is 10.8 Å². The number of rotatable bonds is 6. The summed E-state index contributed by atoms with van der Waals surface area (Å²) in [6.45, 7) is -0.0241. The van der Waals surface area contributed by atoms with Gasteiger partial charge in [0.2, 0.25) is 15.9 Å². The maximum Gasteiger partial charge on any atom is 0.243 e. The van der Waals surface area contributed by atoms with E-state index in [0.29, 0.717) is 6.54 Å². The van der Waals surface area contributed by atoms with E-state index >= 15 is 0 Å². The summed E-state index contributed by atoms with van der Waals surface area (Å²) in [7, 11) is -0.946. The van der Waals surface area contributed by atoms with Gasteiger partial charge < -0.3 is 4.90 Å². The smallest absolute Gasteiger partial charge is 0.243 e. The quantitative estimate of drug-likeness (QED) is 0.630. The molecule has 0 spiro atoms. The molecule has 0 aliphatic carbocycles. The van der Waals surface area contributed by atoms with Crippen LogP contribution in [0.25, 0.3) is 10.2 Å². The predicted octanol–water partition coefficient (Wildman–Crippen LogP) is 2.71. The Balaban J connectivity index is 1.67. The standard InChI is InChI=1S/C18H18FN3O3S2/c1-21(11-17-20-15-5-3-4-6-16(15)26-17)18(23)12-22(2)27(24,25)14-9-7-13(19)8-10-14/h3-10H,11-12H2,1-2H3. The summed E-state index contributed by atoms with van der Waals surface area (Å²) >= 11 is 1.49. The third kappa shape index (κ3) is 4.32. The molecule has 0 unspecified atom stereocenters. The first kappa shape index (κ1) is 19.4. The minimum atomic E-state index is -3.87. The van der Waals surface area contributed by atoms with Crippen molar-refractivity contribution < 1.29 is 17.6 Å². The average molecular weight is 407 g/mol. The van der Waals surface area contributed by atoms with Gasteiger partial charge in [0, 0.05) is 14.1 Å². The van der Waals surface area contributed by atoms with Gasteiger partial charge in [0.15, 0.2) is 0 Å². The fourth-order valence-corrected chi connectivity index (χ4v) is 4.60. The lowest BCUT2D eigenvalue weighted by molar-refractivity contribution is -0.130. The number of para-hydroxylation sites is 1.